The molecule has 1 aromatic carbocycles. The van der Waals surface area contributed by atoms with E-state index in [0.29, 0.717) is 19.5 Å². The molecule has 130 valence electrons. The van der Waals surface area contributed by atoms with E-state index in [9.17, 15) is 4.79 Å². The molecule has 6 heteroatoms. The predicted molar refractivity (Wildman–Crippen MR) is 101 cm³/mol. The van der Waals surface area contributed by atoms with Crippen LogP contribution in [0.25, 0.3) is 0 Å². The summed E-state index contributed by atoms with van der Waals surface area (Å²) in [5, 5.41) is 0. The van der Waals surface area contributed by atoms with E-state index in [1.807, 2.05) is 42.2 Å². The highest BCUT2D eigenvalue weighted by Crippen LogP contribution is 2.26. The van der Waals surface area contributed by atoms with Crippen LogP contribution in [-0.2, 0) is 11.2 Å². The molecule has 4 nitrogen and oxygen atoms in total. The monoisotopic (exact) mass is 367 g/mol. The molecular formula is C18H23Cl2N3O. The van der Waals surface area contributed by atoms with Gasteiger partial charge in [0, 0.05) is 36.9 Å². The average molecular weight is 368 g/mol. The van der Waals surface area contributed by atoms with E-state index in [-0.39, 0.29) is 42.7 Å². The van der Waals surface area contributed by atoms with Gasteiger partial charge in [0.05, 0.1) is 6.42 Å². The van der Waals surface area contributed by atoms with Crippen LogP contribution in [0.2, 0.25) is 0 Å². The van der Waals surface area contributed by atoms with Crippen LogP contribution in [0.15, 0.2) is 48.7 Å². The highest BCUT2D eigenvalue weighted by atomic mass is 35.5. The first-order valence-corrected chi connectivity index (χ1v) is 7.63. The van der Waals surface area contributed by atoms with Crippen molar-refractivity contribution in [2.45, 2.75) is 25.3 Å². The summed E-state index contributed by atoms with van der Waals surface area (Å²) >= 11 is 0. The van der Waals surface area contributed by atoms with Crippen molar-refractivity contribution in [2.24, 2.45) is 5.73 Å². The van der Waals surface area contributed by atoms with Gasteiger partial charge in [0.15, 0.2) is 0 Å². The first-order chi connectivity index (χ1) is 10.6. The van der Waals surface area contributed by atoms with Crippen LogP contribution < -0.4 is 5.73 Å². The van der Waals surface area contributed by atoms with Gasteiger partial charge >= 0.3 is 0 Å². The summed E-state index contributed by atoms with van der Waals surface area (Å²) in [6.07, 6.45) is 2.17. The predicted octanol–water partition coefficient (Wildman–Crippen LogP) is 2.73. The highest BCUT2D eigenvalue weighted by molar-refractivity contribution is 5.85. The molecule has 1 fully saturated rings. The van der Waals surface area contributed by atoms with Crippen molar-refractivity contribution in [3.05, 3.63) is 65.5 Å². The van der Waals surface area contributed by atoms with Gasteiger partial charge in [-0.3, -0.25) is 9.78 Å². The second-order valence-electron chi connectivity index (χ2n) is 5.96. The van der Waals surface area contributed by atoms with Crippen LogP contribution >= 0.6 is 24.8 Å². The van der Waals surface area contributed by atoms with Gasteiger partial charge in [0.1, 0.15) is 0 Å². The fourth-order valence-electron chi connectivity index (χ4n) is 2.97. The van der Waals surface area contributed by atoms with Crippen LogP contribution in [0.5, 0.6) is 0 Å². The topological polar surface area (TPSA) is 59.2 Å². The summed E-state index contributed by atoms with van der Waals surface area (Å²) < 4.78 is 0. The molecule has 0 aliphatic carbocycles. The van der Waals surface area contributed by atoms with Crippen molar-refractivity contribution < 1.29 is 4.79 Å². The number of halogens is 2. The SMILES string of the molecule is Cc1ccc(CC(=O)N2C[C@@H](N)[C@H](c3ccccc3)C2)cn1.Cl.Cl. The van der Waals surface area contributed by atoms with Gasteiger partial charge in [0.25, 0.3) is 0 Å². The summed E-state index contributed by atoms with van der Waals surface area (Å²) in [5.41, 5.74) is 9.37. The lowest BCUT2D eigenvalue weighted by Gasteiger charge is -2.16. The molecule has 2 N–H and O–H groups in total. The zero-order valence-electron chi connectivity index (χ0n) is 13.6. The number of rotatable bonds is 3. The number of aromatic nitrogens is 1. The maximum atomic E-state index is 12.5. The van der Waals surface area contributed by atoms with Crippen molar-refractivity contribution in [1.29, 1.82) is 0 Å². The third-order valence-electron chi connectivity index (χ3n) is 4.27. The minimum absolute atomic E-state index is 0. The molecule has 1 aliphatic heterocycles. The number of benzene rings is 1. The van der Waals surface area contributed by atoms with E-state index in [0.717, 1.165) is 11.3 Å². The van der Waals surface area contributed by atoms with Gasteiger partial charge in [-0.2, -0.15) is 0 Å². The van der Waals surface area contributed by atoms with E-state index in [4.69, 9.17) is 5.73 Å². The summed E-state index contributed by atoms with van der Waals surface area (Å²) in [4.78, 5) is 18.6. The van der Waals surface area contributed by atoms with Crippen LogP contribution in [0, 0.1) is 6.92 Å². The van der Waals surface area contributed by atoms with Gasteiger partial charge in [-0.25, -0.2) is 0 Å². The number of likely N-dealkylation sites (tertiary alicyclic amines) is 1. The third kappa shape index (κ3) is 4.69. The minimum atomic E-state index is 0. The van der Waals surface area contributed by atoms with Gasteiger partial charge in [-0.05, 0) is 24.1 Å². The average Bonchev–Trinajstić information content (AvgIpc) is 2.92. The Balaban J connectivity index is 0.00000144. The molecular weight excluding hydrogens is 345 g/mol. The lowest BCUT2D eigenvalue weighted by molar-refractivity contribution is -0.129. The Labute approximate surface area is 155 Å². The summed E-state index contributed by atoms with van der Waals surface area (Å²) in [6.45, 7) is 3.26. The van der Waals surface area contributed by atoms with E-state index in [1.54, 1.807) is 6.20 Å². The Hall–Kier alpha value is -1.62. The fraction of sp³-hybridized carbons (Fsp3) is 0.333. The largest absolute Gasteiger partial charge is 0.340 e. The molecule has 0 bridgehead atoms. The first-order valence-electron chi connectivity index (χ1n) is 7.63. The Morgan fingerprint density at radius 1 is 1.17 bits per heavy atom. The molecule has 1 aromatic heterocycles. The van der Waals surface area contributed by atoms with Crippen LogP contribution in [0.4, 0.5) is 0 Å². The number of nitrogens with zero attached hydrogens (tertiary/aromatic N) is 2. The molecule has 1 aliphatic rings. The Bertz CT molecular complexity index is 649. The van der Waals surface area contributed by atoms with Gasteiger partial charge in [0.2, 0.25) is 5.91 Å². The Morgan fingerprint density at radius 2 is 1.88 bits per heavy atom. The number of carbonyl (C=O) groups excluding carboxylic acids is 1. The van der Waals surface area contributed by atoms with E-state index >= 15 is 0 Å². The lowest BCUT2D eigenvalue weighted by atomic mass is 9.95. The zero-order valence-corrected chi connectivity index (χ0v) is 15.2. The van der Waals surface area contributed by atoms with E-state index in [2.05, 4.69) is 17.1 Å². The molecule has 2 heterocycles. The van der Waals surface area contributed by atoms with Gasteiger partial charge < -0.3 is 10.6 Å². The van der Waals surface area contributed by atoms with E-state index < -0.39 is 0 Å². The maximum absolute atomic E-state index is 12.5. The molecule has 0 radical (unpaired) electrons. The molecule has 24 heavy (non-hydrogen) atoms. The van der Waals surface area contributed by atoms with Crippen molar-refractivity contribution in [1.82, 2.24) is 9.88 Å². The standard InChI is InChI=1S/C18H21N3O.2ClH/c1-13-7-8-14(10-20-13)9-18(22)21-11-16(17(19)12-21)15-5-3-2-4-6-15;;/h2-8,10,16-17H,9,11-12,19H2,1H3;2*1H/t16-,17+;;/m0../s1. The van der Waals surface area contributed by atoms with Crippen molar-refractivity contribution in [3.8, 4) is 0 Å². The normalized spacial score (nSPS) is 19.3. The molecule has 2 aromatic rings. The Morgan fingerprint density at radius 3 is 2.50 bits per heavy atom. The quantitative estimate of drug-likeness (QED) is 0.906. The number of aryl methyl sites for hydroxylation is 1. The minimum Gasteiger partial charge on any atom is -0.340 e. The Kier molecular flexibility index (Phi) is 7.67. The molecule has 0 saturated carbocycles. The maximum Gasteiger partial charge on any atom is 0.227 e. The summed E-state index contributed by atoms with van der Waals surface area (Å²) in [5.74, 6) is 0.348. The molecule has 1 amide bonds. The molecule has 1 saturated heterocycles. The number of nitrogens with two attached hydrogens (primary N) is 1. The molecule has 0 spiro atoms. The molecule has 0 unspecified atom stereocenters. The highest BCUT2D eigenvalue weighted by Gasteiger charge is 2.33. The zero-order chi connectivity index (χ0) is 15.5. The number of hydrogen-bond donors (Lipinski definition) is 1. The summed E-state index contributed by atoms with van der Waals surface area (Å²) in [6, 6.07) is 14.1. The summed E-state index contributed by atoms with van der Waals surface area (Å²) in [7, 11) is 0. The van der Waals surface area contributed by atoms with Crippen molar-refractivity contribution in [3.63, 3.8) is 0 Å². The smallest absolute Gasteiger partial charge is 0.227 e. The van der Waals surface area contributed by atoms with E-state index in [1.165, 1.54) is 5.56 Å². The number of pyridine rings is 1. The second kappa shape index (κ2) is 9.02. The van der Waals surface area contributed by atoms with Crippen LogP contribution in [-0.4, -0.2) is 34.9 Å². The second-order valence-corrected chi connectivity index (χ2v) is 5.96. The van der Waals surface area contributed by atoms with Crippen molar-refractivity contribution in [2.75, 3.05) is 13.1 Å². The lowest BCUT2D eigenvalue weighted by Crippen LogP contribution is -2.33. The fourth-order valence-corrected chi connectivity index (χ4v) is 2.97. The van der Waals surface area contributed by atoms with Gasteiger partial charge in [-0.1, -0.05) is 36.4 Å². The van der Waals surface area contributed by atoms with Crippen LogP contribution in [0.1, 0.15) is 22.7 Å². The first kappa shape index (κ1) is 20.4. The van der Waals surface area contributed by atoms with Gasteiger partial charge in [-0.15, -0.1) is 24.8 Å². The number of hydrogen-bond acceptors (Lipinski definition) is 3. The third-order valence-corrected chi connectivity index (χ3v) is 4.27. The molecule has 3 rings (SSSR count). The molecule has 2 atom stereocenters. The van der Waals surface area contributed by atoms with Crippen molar-refractivity contribution >= 4 is 30.7 Å². The number of carbonyl (C=O) groups is 1. The number of amides is 1. The van der Waals surface area contributed by atoms with Crippen LogP contribution in [0.3, 0.4) is 0 Å².